The van der Waals surface area contributed by atoms with Gasteiger partial charge >= 0.3 is 0 Å². The minimum atomic E-state index is 0.501. The Morgan fingerprint density at radius 2 is 1.81 bits per heavy atom. The Hall–Kier alpha value is -1.60. The standard InChI is InChI=1S/C20H23N/c1-21-20(17-11-10-14-8-5-9-16(14)12-17)19-13-18(19)15-6-3-2-4-7-15/h2-4,6-7,10-12,18-21H,5,8-9,13H2,1H3. The van der Waals surface area contributed by atoms with Crippen molar-refractivity contribution < 1.29 is 0 Å². The summed E-state index contributed by atoms with van der Waals surface area (Å²) in [6.07, 6.45) is 5.19. The third-order valence-corrected chi connectivity index (χ3v) is 5.29. The highest BCUT2D eigenvalue weighted by Crippen LogP contribution is 2.54. The second kappa shape index (κ2) is 5.31. The minimum absolute atomic E-state index is 0.501. The van der Waals surface area contributed by atoms with E-state index in [0.29, 0.717) is 6.04 Å². The van der Waals surface area contributed by atoms with Crippen LogP contribution in [0.15, 0.2) is 48.5 Å². The molecule has 0 aliphatic heterocycles. The van der Waals surface area contributed by atoms with Gasteiger partial charge in [0.1, 0.15) is 0 Å². The molecule has 2 aromatic rings. The van der Waals surface area contributed by atoms with E-state index in [1.54, 1.807) is 11.1 Å². The van der Waals surface area contributed by atoms with E-state index in [0.717, 1.165) is 11.8 Å². The molecule has 0 saturated heterocycles. The first kappa shape index (κ1) is 13.1. The summed E-state index contributed by atoms with van der Waals surface area (Å²) in [7, 11) is 2.11. The van der Waals surface area contributed by atoms with Crippen LogP contribution in [0.3, 0.4) is 0 Å². The summed E-state index contributed by atoms with van der Waals surface area (Å²) in [6.45, 7) is 0. The maximum Gasteiger partial charge on any atom is 0.0352 e. The van der Waals surface area contributed by atoms with Gasteiger partial charge in [-0.25, -0.2) is 0 Å². The van der Waals surface area contributed by atoms with Gasteiger partial charge in [-0.2, -0.15) is 0 Å². The van der Waals surface area contributed by atoms with Crippen molar-refractivity contribution in [1.29, 1.82) is 0 Å². The molecule has 1 fully saturated rings. The second-order valence-corrected chi connectivity index (χ2v) is 6.56. The van der Waals surface area contributed by atoms with Gasteiger partial charge in [-0.05, 0) is 66.8 Å². The fourth-order valence-electron chi connectivity index (χ4n) is 4.08. The average molecular weight is 277 g/mol. The molecule has 4 rings (SSSR count). The molecule has 1 heteroatoms. The number of nitrogens with one attached hydrogen (secondary N) is 1. The molecule has 108 valence electrons. The van der Waals surface area contributed by atoms with Gasteiger partial charge in [0.05, 0.1) is 0 Å². The fraction of sp³-hybridized carbons (Fsp3) is 0.400. The number of hydrogen-bond acceptors (Lipinski definition) is 1. The van der Waals surface area contributed by atoms with Crippen LogP contribution >= 0.6 is 0 Å². The van der Waals surface area contributed by atoms with E-state index < -0.39 is 0 Å². The summed E-state index contributed by atoms with van der Waals surface area (Å²) in [5, 5.41) is 3.57. The summed E-state index contributed by atoms with van der Waals surface area (Å²) in [4.78, 5) is 0. The molecule has 2 aliphatic rings. The van der Waals surface area contributed by atoms with E-state index in [1.807, 2.05) is 0 Å². The highest BCUT2D eigenvalue weighted by Gasteiger charge is 2.43. The molecule has 3 atom stereocenters. The van der Waals surface area contributed by atoms with Crippen molar-refractivity contribution >= 4 is 0 Å². The lowest BCUT2D eigenvalue weighted by Gasteiger charge is -2.18. The first-order valence-electron chi connectivity index (χ1n) is 8.21. The van der Waals surface area contributed by atoms with Crippen molar-refractivity contribution in [3.63, 3.8) is 0 Å². The van der Waals surface area contributed by atoms with Gasteiger partial charge < -0.3 is 5.32 Å². The van der Waals surface area contributed by atoms with Gasteiger partial charge in [-0.1, -0.05) is 48.5 Å². The van der Waals surface area contributed by atoms with Gasteiger partial charge in [-0.15, -0.1) is 0 Å². The quantitative estimate of drug-likeness (QED) is 0.881. The summed E-state index contributed by atoms with van der Waals surface area (Å²) in [6, 6.07) is 18.7. The predicted molar refractivity (Wildman–Crippen MR) is 87.6 cm³/mol. The van der Waals surface area contributed by atoms with Gasteiger partial charge in [0.25, 0.3) is 0 Å². The topological polar surface area (TPSA) is 12.0 Å². The third-order valence-electron chi connectivity index (χ3n) is 5.29. The Kier molecular flexibility index (Phi) is 3.31. The molecular formula is C20H23N. The summed E-state index contributed by atoms with van der Waals surface area (Å²) >= 11 is 0. The normalized spacial score (nSPS) is 24.6. The van der Waals surface area contributed by atoms with Crippen LogP contribution in [0.4, 0.5) is 0 Å². The second-order valence-electron chi connectivity index (χ2n) is 6.56. The van der Waals surface area contributed by atoms with Crippen molar-refractivity contribution in [2.75, 3.05) is 7.05 Å². The predicted octanol–water partition coefficient (Wildman–Crippen LogP) is 4.24. The molecule has 0 aromatic heterocycles. The van der Waals surface area contributed by atoms with Crippen LogP contribution in [0.1, 0.15) is 47.1 Å². The van der Waals surface area contributed by atoms with E-state index in [-0.39, 0.29) is 0 Å². The molecular weight excluding hydrogens is 254 g/mol. The van der Waals surface area contributed by atoms with Crippen LogP contribution in [0.5, 0.6) is 0 Å². The maximum absolute atomic E-state index is 3.57. The molecule has 1 nitrogen and oxygen atoms in total. The number of benzene rings is 2. The number of aryl methyl sites for hydroxylation is 2. The van der Waals surface area contributed by atoms with E-state index in [4.69, 9.17) is 0 Å². The average Bonchev–Trinajstić information content (AvgIpc) is 3.17. The number of hydrogen-bond donors (Lipinski definition) is 1. The largest absolute Gasteiger partial charge is 0.313 e. The van der Waals surface area contributed by atoms with E-state index in [1.165, 1.54) is 36.8 Å². The molecule has 1 N–H and O–H groups in total. The lowest BCUT2D eigenvalue weighted by molar-refractivity contribution is 0.517. The highest BCUT2D eigenvalue weighted by molar-refractivity contribution is 5.38. The Bertz CT molecular complexity index is 632. The Morgan fingerprint density at radius 1 is 1.00 bits per heavy atom. The van der Waals surface area contributed by atoms with Crippen molar-refractivity contribution in [1.82, 2.24) is 5.32 Å². The zero-order chi connectivity index (χ0) is 14.2. The molecule has 1 saturated carbocycles. The van der Waals surface area contributed by atoms with Crippen LogP contribution in [0.25, 0.3) is 0 Å². The van der Waals surface area contributed by atoms with Crippen molar-refractivity contribution in [3.8, 4) is 0 Å². The van der Waals surface area contributed by atoms with Gasteiger partial charge in [0, 0.05) is 6.04 Å². The van der Waals surface area contributed by atoms with Gasteiger partial charge in [0.15, 0.2) is 0 Å². The zero-order valence-electron chi connectivity index (χ0n) is 12.7. The lowest BCUT2D eigenvalue weighted by Crippen LogP contribution is -2.19. The summed E-state index contributed by atoms with van der Waals surface area (Å²) < 4.78 is 0. The Morgan fingerprint density at radius 3 is 2.62 bits per heavy atom. The first-order valence-corrected chi connectivity index (χ1v) is 8.21. The van der Waals surface area contributed by atoms with Crippen LogP contribution in [0.2, 0.25) is 0 Å². The minimum Gasteiger partial charge on any atom is -0.313 e. The molecule has 0 spiro atoms. The number of fused-ring (bicyclic) bond motifs is 1. The molecule has 0 bridgehead atoms. The monoisotopic (exact) mass is 277 g/mol. The van der Waals surface area contributed by atoms with Crippen molar-refractivity contribution in [2.45, 2.75) is 37.6 Å². The van der Waals surface area contributed by atoms with E-state index >= 15 is 0 Å². The van der Waals surface area contributed by atoms with Gasteiger partial charge in [0.2, 0.25) is 0 Å². The van der Waals surface area contributed by atoms with Crippen molar-refractivity contribution in [2.24, 2.45) is 5.92 Å². The lowest BCUT2D eigenvalue weighted by atomic mass is 9.96. The molecule has 0 heterocycles. The molecule has 0 amide bonds. The fourth-order valence-corrected chi connectivity index (χ4v) is 4.08. The Balaban J connectivity index is 1.56. The van der Waals surface area contributed by atoms with Crippen LogP contribution in [-0.4, -0.2) is 7.05 Å². The molecule has 2 aliphatic carbocycles. The molecule has 0 radical (unpaired) electrons. The zero-order valence-corrected chi connectivity index (χ0v) is 12.7. The third kappa shape index (κ3) is 2.40. The van der Waals surface area contributed by atoms with Crippen LogP contribution < -0.4 is 5.32 Å². The number of rotatable bonds is 4. The first-order chi connectivity index (χ1) is 10.4. The summed E-state index contributed by atoms with van der Waals surface area (Å²) in [5.74, 6) is 1.48. The van der Waals surface area contributed by atoms with Crippen molar-refractivity contribution in [3.05, 3.63) is 70.8 Å². The summed E-state index contributed by atoms with van der Waals surface area (Å²) in [5.41, 5.74) is 6.15. The highest BCUT2D eigenvalue weighted by atomic mass is 14.9. The Labute approximate surface area is 127 Å². The van der Waals surface area contributed by atoms with E-state index in [9.17, 15) is 0 Å². The van der Waals surface area contributed by atoms with Crippen LogP contribution in [0, 0.1) is 5.92 Å². The van der Waals surface area contributed by atoms with Crippen LogP contribution in [-0.2, 0) is 12.8 Å². The SMILES string of the molecule is CNC(c1ccc2c(c1)CCC2)C1CC1c1ccccc1. The molecule has 2 aromatic carbocycles. The van der Waals surface area contributed by atoms with Gasteiger partial charge in [-0.3, -0.25) is 0 Å². The smallest absolute Gasteiger partial charge is 0.0352 e. The molecule has 21 heavy (non-hydrogen) atoms. The molecule has 3 unspecified atom stereocenters. The van der Waals surface area contributed by atoms with E-state index in [2.05, 4.69) is 60.9 Å². The maximum atomic E-state index is 3.57.